The van der Waals surface area contributed by atoms with Crippen molar-refractivity contribution in [2.75, 3.05) is 13.2 Å². The summed E-state index contributed by atoms with van der Waals surface area (Å²) in [6, 6.07) is 0. The molecule has 0 aromatic carbocycles. The molecule has 0 saturated carbocycles. The van der Waals surface area contributed by atoms with E-state index in [1.165, 1.54) is 51.4 Å². The van der Waals surface area contributed by atoms with Gasteiger partial charge in [-0.05, 0) is 83.5 Å². The summed E-state index contributed by atoms with van der Waals surface area (Å²) < 4.78 is 16.8. The summed E-state index contributed by atoms with van der Waals surface area (Å²) in [6.07, 6.45) is 71.7. The Labute approximate surface area is 399 Å². The molecule has 366 valence electrons. The summed E-state index contributed by atoms with van der Waals surface area (Å²) >= 11 is 0. The van der Waals surface area contributed by atoms with Crippen LogP contribution in [0.4, 0.5) is 0 Å². The summed E-state index contributed by atoms with van der Waals surface area (Å²) in [5, 5.41) is 0. The topological polar surface area (TPSA) is 78.9 Å². The molecule has 0 aliphatic rings. The van der Waals surface area contributed by atoms with Crippen LogP contribution in [0.3, 0.4) is 0 Å². The van der Waals surface area contributed by atoms with Crippen LogP contribution < -0.4 is 0 Å². The van der Waals surface area contributed by atoms with Crippen LogP contribution in [0.1, 0.15) is 213 Å². The molecule has 1 unspecified atom stereocenters. The number of rotatable bonds is 45. The van der Waals surface area contributed by atoms with Crippen LogP contribution in [0.15, 0.2) is 122 Å². The molecule has 0 aliphatic heterocycles. The van der Waals surface area contributed by atoms with Gasteiger partial charge in [-0.15, -0.1) is 0 Å². The van der Waals surface area contributed by atoms with Crippen molar-refractivity contribution >= 4 is 17.9 Å². The lowest BCUT2D eigenvalue weighted by Gasteiger charge is -2.18. The fraction of sp³-hybridized carbons (Fsp3) is 0.610. The Balaban J connectivity index is 4.49. The highest BCUT2D eigenvalue weighted by Crippen LogP contribution is 2.14. The summed E-state index contributed by atoms with van der Waals surface area (Å²) in [6.45, 7) is 6.26. The summed E-state index contributed by atoms with van der Waals surface area (Å²) in [5.74, 6) is -0.951. The number of hydrogen-bond donors (Lipinski definition) is 0. The molecular weight excluding hydrogens is 805 g/mol. The molecule has 65 heavy (non-hydrogen) atoms. The van der Waals surface area contributed by atoms with Gasteiger partial charge in [0.25, 0.3) is 0 Å². The van der Waals surface area contributed by atoms with Crippen molar-refractivity contribution < 1.29 is 28.6 Å². The summed E-state index contributed by atoms with van der Waals surface area (Å²) in [7, 11) is 0. The highest BCUT2D eigenvalue weighted by atomic mass is 16.6. The lowest BCUT2D eigenvalue weighted by Crippen LogP contribution is -2.30. The molecule has 0 radical (unpaired) electrons. The maximum Gasteiger partial charge on any atom is 0.306 e. The van der Waals surface area contributed by atoms with Crippen LogP contribution in [-0.2, 0) is 28.6 Å². The van der Waals surface area contributed by atoms with E-state index in [0.29, 0.717) is 19.3 Å². The molecule has 0 fully saturated rings. The van der Waals surface area contributed by atoms with Crippen LogP contribution in [0, 0.1) is 0 Å². The average molecular weight is 899 g/mol. The Morgan fingerprint density at radius 3 is 1.11 bits per heavy atom. The number of carbonyl (C=O) groups is 3. The molecule has 0 amide bonds. The summed E-state index contributed by atoms with van der Waals surface area (Å²) in [4.78, 5) is 38.0. The first-order valence-electron chi connectivity index (χ1n) is 26.1. The van der Waals surface area contributed by atoms with E-state index in [1.54, 1.807) is 0 Å². The molecule has 6 heteroatoms. The van der Waals surface area contributed by atoms with Gasteiger partial charge in [-0.25, -0.2) is 0 Å². The van der Waals surface area contributed by atoms with Gasteiger partial charge in [-0.1, -0.05) is 232 Å². The number of carbonyl (C=O) groups excluding carboxylic acids is 3. The van der Waals surface area contributed by atoms with Gasteiger partial charge < -0.3 is 14.2 Å². The highest BCUT2D eigenvalue weighted by molar-refractivity contribution is 5.71. The second-order valence-electron chi connectivity index (χ2n) is 16.8. The Morgan fingerprint density at radius 2 is 0.677 bits per heavy atom. The predicted molar refractivity (Wildman–Crippen MR) is 279 cm³/mol. The third-order valence-electron chi connectivity index (χ3n) is 10.6. The van der Waals surface area contributed by atoms with E-state index >= 15 is 0 Å². The van der Waals surface area contributed by atoms with Gasteiger partial charge >= 0.3 is 17.9 Å². The second-order valence-corrected chi connectivity index (χ2v) is 16.8. The van der Waals surface area contributed by atoms with E-state index in [-0.39, 0.29) is 31.1 Å². The van der Waals surface area contributed by atoms with Crippen molar-refractivity contribution in [3.8, 4) is 0 Å². The van der Waals surface area contributed by atoms with Gasteiger partial charge in [0, 0.05) is 19.3 Å². The third-order valence-corrected chi connectivity index (χ3v) is 10.6. The van der Waals surface area contributed by atoms with Crippen molar-refractivity contribution in [2.24, 2.45) is 0 Å². The van der Waals surface area contributed by atoms with Crippen LogP contribution >= 0.6 is 0 Å². The number of unbranched alkanes of at least 4 members (excludes halogenated alkanes) is 20. The molecule has 0 rings (SSSR count). The molecule has 1 atom stereocenters. The normalized spacial score (nSPS) is 13.1. The number of esters is 3. The lowest BCUT2D eigenvalue weighted by molar-refractivity contribution is -0.167. The largest absolute Gasteiger partial charge is 0.462 e. The molecular formula is C59H94O6. The minimum Gasteiger partial charge on any atom is -0.462 e. The smallest absolute Gasteiger partial charge is 0.306 e. The molecule has 0 heterocycles. The van der Waals surface area contributed by atoms with Gasteiger partial charge in [0.2, 0.25) is 0 Å². The van der Waals surface area contributed by atoms with Gasteiger partial charge in [0.15, 0.2) is 6.10 Å². The van der Waals surface area contributed by atoms with Crippen LogP contribution in [0.5, 0.6) is 0 Å². The minimum atomic E-state index is -0.802. The Morgan fingerprint density at radius 1 is 0.338 bits per heavy atom. The van der Waals surface area contributed by atoms with Crippen molar-refractivity contribution in [3.05, 3.63) is 122 Å². The lowest BCUT2D eigenvalue weighted by atomic mass is 10.1. The molecule has 6 nitrogen and oxygen atoms in total. The molecule has 0 saturated heterocycles. The molecule has 0 N–H and O–H groups in total. The van der Waals surface area contributed by atoms with Gasteiger partial charge in [0.05, 0.1) is 0 Å². The van der Waals surface area contributed by atoms with Gasteiger partial charge in [-0.3, -0.25) is 14.4 Å². The van der Waals surface area contributed by atoms with E-state index in [2.05, 4.69) is 118 Å². The van der Waals surface area contributed by atoms with Crippen LogP contribution in [0.25, 0.3) is 0 Å². The highest BCUT2D eigenvalue weighted by Gasteiger charge is 2.19. The monoisotopic (exact) mass is 899 g/mol. The SMILES string of the molecule is CC\C=C/C=C\C=C/CCCCCCCCCC(=O)OC(COC(=O)CCCCCCC\C=C/C=C\C=C/C=C\C=C/CCC)COC(=O)CCCCCCCCC/C=C\C/C=C\CC. The number of hydrogen-bond acceptors (Lipinski definition) is 6. The van der Waals surface area contributed by atoms with E-state index in [0.717, 1.165) is 122 Å². The first-order valence-corrected chi connectivity index (χ1v) is 26.1. The fourth-order valence-corrected chi connectivity index (χ4v) is 6.74. The van der Waals surface area contributed by atoms with Gasteiger partial charge in [0.1, 0.15) is 13.2 Å². The third kappa shape index (κ3) is 50.7. The average Bonchev–Trinajstić information content (AvgIpc) is 3.30. The van der Waals surface area contributed by atoms with E-state index in [9.17, 15) is 14.4 Å². The molecule has 0 bridgehead atoms. The number of ether oxygens (including phenoxy) is 3. The van der Waals surface area contributed by atoms with Crippen molar-refractivity contribution in [1.82, 2.24) is 0 Å². The maximum atomic E-state index is 12.8. The van der Waals surface area contributed by atoms with Crippen molar-refractivity contribution in [1.29, 1.82) is 0 Å². The Kier molecular flexibility index (Phi) is 49.1. The van der Waals surface area contributed by atoms with Crippen molar-refractivity contribution in [3.63, 3.8) is 0 Å². The number of allylic oxidation sites excluding steroid dienone is 20. The zero-order valence-corrected chi connectivity index (χ0v) is 41.7. The molecule has 0 aliphatic carbocycles. The Bertz CT molecular complexity index is 1400. The molecule has 0 spiro atoms. The van der Waals surface area contributed by atoms with E-state index in [4.69, 9.17) is 14.2 Å². The molecule has 0 aromatic rings. The van der Waals surface area contributed by atoms with E-state index < -0.39 is 6.10 Å². The van der Waals surface area contributed by atoms with E-state index in [1.807, 2.05) is 24.3 Å². The zero-order chi connectivity index (χ0) is 47.2. The summed E-state index contributed by atoms with van der Waals surface area (Å²) in [5.41, 5.74) is 0. The van der Waals surface area contributed by atoms with Crippen LogP contribution in [-0.4, -0.2) is 37.2 Å². The maximum absolute atomic E-state index is 12.8. The van der Waals surface area contributed by atoms with Crippen molar-refractivity contribution in [2.45, 2.75) is 219 Å². The second kappa shape index (κ2) is 52.4. The fourth-order valence-electron chi connectivity index (χ4n) is 6.74. The predicted octanol–water partition coefficient (Wildman–Crippen LogP) is 17.3. The van der Waals surface area contributed by atoms with Gasteiger partial charge in [-0.2, -0.15) is 0 Å². The quantitative estimate of drug-likeness (QED) is 0.0199. The van der Waals surface area contributed by atoms with Crippen LogP contribution in [0.2, 0.25) is 0 Å². The minimum absolute atomic E-state index is 0.0993. The Hall–Kier alpha value is -4.19. The standard InChI is InChI=1S/C59H94O6/c1-4-7-10-13-16-19-22-25-28-29-30-32-34-37-40-43-46-49-52-58(61)64-55-56(54-63-57(60)51-48-45-42-39-36-33-27-24-21-18-15-12-9-6-3)65-59(62)53-50-47-44-41-38-35-31-26-23-20-17-14-11-8-5-2/h8-14,16-23,25,28-30,32,56H,4-7,15,24,26-27,31,33-55H2,1-3H3/b11-8-,12-9-,13-10-,17-14-,19-16-,21-18-,23-20-,25-22-,29-28-,32-30-. The molecule has 0 aromatic heterocycles. The first-order chi connectivity index (χ1) is 32.0. The zero-order valence-electron chi connectivity index (χ0n) is 41.7. The first kappa shape index (κ1) is 60.8.